The molecule has 4 nitrogen and oxygen atoms in total. The number of carbonyl (C=O) groups is 2. The molecule has 2 aromatic rings. The topological polar surface area (TPSA) is 49.4 Å². The van der Waals surface area contributed by atoms with Crippen LogP contribution in [0.4, 0.5) is 4.39 Å². The van der Waals surface area contributed by atoms with E-state index in [0.29, 0.717) is 26.1 Å². The summed E-state index contributed by atoms with van der Waals surface area (Å²) in [5.74, 6) is 0.150. The van der Waals surface area contributed by atoms with Gasteiger partial charge in [-0.15, -0.1) is 0 Å². The number of carbonyl (C=O) groups excluding carboxylic acids is 2. The van der Waals surface area contributed by atoms with Gasteiger partial charge in [-0.25, -0.2) is 4.39 Å². The molecule has 0 aromatic heterocycles. The van der Waals surface area contributed by atoms with Crippen LogP contribution < -0.4 is 5.32 Å². The Bertz CT molecular complexity index is 1010. The highest BCUT2D eigenvalue weighted by atomic mass is 19.1. The quantitative estimate of drug-likeness (QED) is 0.723. The minimum Gasteiger partial charge on any atom is -0.355 e. The lowest BCUT2D eigenvalue weighted by Crippen LogP contribution is -2.56. The molecule has 5 heteroatoms. The Kier molecular flexibility index (Phi) is 5.98. The summed E-state index contributed by atoms with van der Waals surface area (Å²) < 4.78 is 14.0. The molecule has 1 spiro atoms. The minimum atomic E-state index is -0.421. The minimum absolute atomic E-state index is 0.0652. The van der Waals surface area contributed by atoms with Crippen molar-refractivity contribution in [2.75, 3.05) is 19.6 Å². The maximum Gasteiger partial charge on any atom is 0.233 e. The predicted octanol–water partition coefficient (Wildman–Crippen LogP) is 4.94. The molecule has 174 valence electrons. The van der Waals surface area contributed by atoms with E-state index in [2.05, 4.69) is 22.3 Å². The molecule has 2 aliphatic heterocycles. The average Bonchev–Trinajstić information content (AvgIpc) is 2.85. The van der Waals surface area contributed by atoms with E-state index in [4.69, 9.17) is 0 Å². The second kappa shape index (κ2) is 8.92. The van der Waals surface area contributed by atoms with E-state index in [1.54, 1.807) is 12.1 Å². The van der Waals surface area contributed by atoms with Crippen LogP contribution in [0.5, 0.6) is 0 Å². The fourth-order valence-electron chi connectivity index (χ4n) is 6.65. The highest BCUT2D eigenvalue weighted by Crippen LogP contribution is 2.50. The summed E-state index contributed by atoms with van der Waals surface area (Å²) in [4.78, 5) is 28.5. The summed E-state index contributed by atoms with van der Waals surface area (Å²) in [7, 11) is 0. The Morgan fingerprint density at radius 1 is 0.939 bits per heavy atom. The SMILES string of the molecule is O=C1CC2(CCN(C(=O)C3(c4ccccc4)CCCCC3)CC2)[C@H](c2cccc(F)c2)CN1. The standard InChI is InChI=1S/C28H33FN2O2/c29-23-11-7-8-21(18-23)24-20-30-25(32)19-27(24)14-16-31(17-15-27)26(33)28(12-5-2-6-13-28)22-9-3-1-4-10-22/h1,3-4,7-11,18,24H,2,5-6,12-17,19-20H2,(H,30,32)/t24-/m0/s1. The van der Waals surface area contributed by atoms with Crippen LogP contribution in [0.1, 0.15) is 68.4 Å². The lowest BCUT2D eigenvalue weighted by atomic mass is 9.62. The third-order valence-electron chi connectivity index (χ3n) is 8.50. The van der Waals surface area contributed by atoms with Gasteiger partial charge < -0.3 is 10.2 Å². The van der Waals surface area contributed by atoms with Crippen molar-refractivity contribution in [3.05, 3.63) is 71.5 Å². The maximum atomic E-state index is 14.0. The molecular weight excluding hydrogens is 415 g/mol. The van der Waals surface area contributed by atoms with Crippen molar-refractivity contribution < 1.29 is 14.0 Å². The predicted molar refractivity (Wildman–Crippen MR) is 126 cm³/mol. The number of piperidine rings is 2. The van der Waals surface area contributed by atoms with Crippen molar-refractivity contribution in [3.63, 3.8) is 0 Å². The fourth-order valence-corrected chi connectivity index (χ4v) is 6.65. The molecule has 2 amide bonds. The van der Waals surface area contributed by atoms with E-state index in [9.17, 15) is 14.0 Å². The van der Waals surface area contributed by atoms with E-state index in [1.165, 1.54) is 12.5 Å². The number of nitrogens with zero attached hydrogens (tertiary/aromatic N) is 1. The molecule has 1 N–H and O–H groups in total. The Hall–Kier alpha value is -2.69. The Labute approximate surface area is 195 Å². The van der Waals surface area contributed by atoms with Gasteiger partial charge in [0, 0.05) is 32.0 Å². The highest BCUT2D eigenvalue weighted by Gasteiger charge is 2.49. The Morgan fingerprint density at radius 2 is 1.67 bits per heavy atom. The zero-order valence-corrected chi connectivity index (χ0v) is 19.2. The molecule has 1 atom stereocenters. The van der Waals surface area contributed by atoms with Gasteiger partial charge in [0.15, 0.2) is 0 Å². The van der Waals surface area contributed by atoms with Gasteiger partial charge in [0.2, 0.25) is 11.8 Å². The molecule has 0 unspecified atom stereocenters. The van der Waals surface area contributed by atoms with Crippen molar-refractivity contribution in [2.24, 2.45) is 5.41 Å². The molecule has 2 aromatic carbocycles. The second-order valence-electron chi connectivity index (χ2n) is 10.3. The van der Waals surface area contributed by atoms with Crippen molar-refractivity contribution in [1.29, 1.82) is 0 Å². The third-order valence-corrected chi connectivity index (χ3v) is 8.50. The molecule has 0 radical (unpaired) electrons. The van der Waals surface area contributed by atoms with Gasteiger partial charge in [-0.1, -0.05) is 61.7 Å². The summed E-state index contributed by atoms with van der Waals surface area (Å²) in [6, 6.07) is 17.1. The van der Waals surface area contributed by atoms with Gasteiger partial charge in [-0.3, -0.25) is 9.59 Å². The number of hydrogen-bond donors (Lipinski definition) is 1. The van der Waals surface area contributed by atoms with Crippen molar-refractivity contribution >= 4 is 11.8 Å². The monoisotopic (exact) mass is 448 g/mol. The van der Waals surface area contributed by atoms with Crippen molar-refractivity contribution in [3.8, 4) is 0 Å². The zero-order chi connectivity index (χ0) is 22.9. The third kappa shape index (κ3) is 4.07. The van der Waals surface area contributed by atoms with E-state index in [0.717, 1.165) is 49.7 Å². The number of amides is 2. The first-order chi connectivity index (χ1) is 16.0. The zero-order valence-electron chi connectivity index (χ0n) is 19.2. The molecule has 2 saturated heterocycles. The van der Waals surface area contributed by atoms with Gasteiger partial charge in [0.1, 0.15) is 5.82 Å². The van der Waals surface area contributed by atoms with Gasteiger partial charge >= 0.3 is 0 Å². The van der Waals surface area contributed by atoms with Gasteiger partial charge in [-0.2, -0.15) is 0 Å². The number of nitrogens with one attached hydrogen (secondary N) is 1. The molecule has 2 heterocycles. The summed E-state index contributed by atoms with van der Waals surface area (Å²) in [5.41, 5.74) is 1.45. The Balaban J connectivity index is 1.38. The van der Waals surface area contributed by atoms with Crippen LogP contribution in [-0.2, 0) is 15.0 Å². The van der Waals surface area contributed by atoms with Crippen molar-refractivity contribution in [1.82, 2.24) is 10.2 Å². The van der Waals surface area contributed by atoms with Crippen LogP contribution in [-0.4, -0.2) is 36.3 Å². The summed E-state index contributed by atoms with van der Waals surface area (Å²) in [5, 5.41) is 2.99. The summed E-state index contributed by atoms with van der Waals surface area (Å²) >= 11 is 0. The first-order valence-corrected chi connectivity index (χ1v) is 12.4. The number of halogens is 1. The van der Waals surface area contributed by atoms with Crippen LogP contribution in [0.2, 0.25) is 0 Å². The largest absolute Gasteiger partial charge is 0.355 e. The molecule has 1 saturated carbocycles. The molecule has 33 heavy (non-hydrogen) atoms. The average molecular weight is 449 g/mol. The Morgan fingerprint density at radius 3 is 2.36 bits per heavy atom. The van der Waals surface area contributed by atoms with Gasteiger partial charge in [0.05, 0.1) is 5.41 Å². The molecule has 5 rings (SSSR count). The summed E-state index contributed by atoms with van der Waals surface area (Å²) in [6.45, 7) is 1.85. The molecule has 3 fully saturated rings. The van der Waals surface area contributed by atoms with Crippen LogP contribution >= 0.6 is 0 Å². The maximum absolute atomic E-state index is 14.0. The van der Waals surface area contributed by atoms with E-state index >= 15 is 0 Å². The number of benzene rings is 2. The van der Waals surface area contributed by atoms with Crippen LogP contribution in [0.25, 0.3) is 0 Å². The summed E-state index contributed by atoms with van der Waals surface area (Å²) in [6.07, 6.45) is 7.17. The number of rotatable bonds is 3. The van der Waals surface area contributed by atoms with E-state index in [-0.39, 0.29) is 29.0 Å². The van der Waals surface area contributed by atoms with Gasteiger partial charge in [0.25, 0.3) is 0 Å². The van der Waals surface area contributed by atoms with Crippen LogP contribution in [0.15, 0.2) is 54.6 Å². The number of likely N-dealkylation sites (tertiary alicyclic amines) is 1. The lowest BCUT2D eigenvalue weighted by Gasteiger charge is -2.50. The van der Waals surface area contributed by atoms with E-state index < -0.39 is 5.41 Å². The smallest absolute Gasteiger partial charge is 0.233 e. The molecular formula is C28H33FN2O2. The van der Waals surface area contributed by atoms with E-state index in [1.807, 2.05) is 24.3 Å². The van der Waals surface area contributed by atoms with Crippen LogP contribution in [0, 0.1) is 11.2 Å². The van der Waals surface area contributed by atoms with Crippen LogP contribution in [0.3, 0.4) is 0 Å². The van der Waals surface area contributed by atoms with Crippen molar-refractivity contribution in [2.45, 2.75) is 62.7 Å². The molecule has 0 bridgehead atoms. The normalized spacial score (nSPS) is 24.3. The molecule has 3 aliphatic rings. The highest BCUT2D eigenvalue weighted by molar-refractivity contribution is 5.88. The molecule has 1 aliphatic carbocycles. The number of hydrogen-bond acceptors (Lipinski definition) is 2. The fraction of sp³-hybridized carbons (Fsp3) is 0.500. The first-order valence-electron chi connectivity index (χ1n) is 12.4. The lowest BCUT2D eigenvalue weighted by molar-refractivity contribution is -0.142. The second-order valence-corrected chi connectivity index (χ2v) is 10.3. The first kappa shape index (κ1) is 22.1. The van der Waals surface area contributed by atoms with Gasteiger partial charge in [-0.05, 0) is 54.4 Å².